The van der Waals surface area contributed by atoms with E-state index in [0.29, 0.717) is 18.9 Å². The van der Waals surface area contributed by atoms with E-state index in [1.165, 1.54) is 0 Å². The minimum absolute atomic E-state index is 0.0145. The van der Waals surface area contributed by atoms with E-state index in [0.717, 1.165) is 19.3 Å². The Hall–Kier alpha value is -0.610. The zero-order valence-electron chi connectivity index (χ0n) is 9.83. The van der Waals surface area contributed by atoms with Crippen molar-refractivity contribution in [2.75, 3.05) is 13.2 Å². The normalized spacial score (nSPS) is 14.7. The molecule has 0 radical (unpaired) electrons. The highest BCUT2D eigenvalue weighted by atomic mass is 16.3. The lowest BCUT2D eigenvalue weighted by Gasteiger charge is -2.15. The molecule has 0 spiro atoms. The fraction of sp³-hybridized carbons (Fsp3) is 0.909. The summed E-state index contributed by atoms with van der Waals surface area (Å²) in [6.45, 7) is 4.74. The van der Waals surface area contributed by atoms with Crippen LogP contribution in [-0.2, 0) is 4.79 Å². The number of nitrogens with two attached hydrogens (primary N) is 1. The highest BCUT2D eigenvalue weighted by molar-refractivity contribution is 5.76. The quantitative estimate of drug-likeness (QED) is 0.557. The van der Waals surface area contributed by atoms with E-state index in [-0.39, 0.29) is 18.6 Å². The summed E-state index contributed by atoms with van der Waals surface area (Å²) < 4.78 is 0. The third-order valence-corrected chi connectivity index (χ3v) is 2.60. The van der Waals surface area contributed by atoms with Gasteiger partial charge in [-0.15, -0.1) is 0 Å². The van der Waals surface area contributed by atoms with Crippen molar-refractivity contribution in [3.63, 3.8) is 0 Å². The highest BCUT2D eigenvalue weighted by Gasteiger charge is 2.10. The molecule has 0 aromatic rings. The molecule has 15 heavy (non-hydrogen) atoms. The van der Waals surface area contributed by atoms with Crippen molar-refractivity contribution >= 4 is 5.91 Å². The maximum absolute atomic E-state index is 11.4. The lowest BCUT2D eigenvalue weighted by atomic mass is 10.0. The predicted octanol–water partition coefficient (Wildman–Crippen LogP) is 0.639. The van der Waals surface area contributed by atoms with E-state index in [9.17, 15) is 4.79 Å². The summed E-state index contributed by atoms with van der Waals surface area (Å²) in [7, 11) is 0. The summed E-state index contributed by atoms with van der Waals surface area (Å²) in [5.74, 6) is 0.523. The molecule has 0 bridgehead atoms. The minimum Gasteiger partial charge on any atom is -0.394 e. The SMILES string of the molecule is CC[C@H](CO)NC(=O)CCC(C)CCN. The third kappa shape index (κ3) is 7.33. The van der Waals surface area contributed by atoms with Gasteiger partial charge in [0.05, 0.1) is 12.6 Å². The number of aliphatic hydroxyl groups excluding tert-OH is 1. The number of hydrogen-bond acceptors (Lipinski definition) is 3. The first-order valence-electron chi connectivity index (χ1n) is 5.74. The molecule has 4 nitrogen and oxygen atoms in total. The van der Waals surface area contributed by atoms with Crippen molar-refractivity contribution in [3.8, 4) is 0 Å². The zero-order chi connectivity index (χ0) is 11.7. The number of hydrogen-bond donors (Lipinski definition) is 3. The molecule has 0 heterocycles. The van der Waals surface area contributed by atoms with Crippen molar-refractivity contribution in [2.45, 2.75) is 45.6 Å². The van der Waals surface area contributed by atoms with Crippen molar-refractivity contribution in [2.24, 2.45) is 11.7 Å². The van der Waals surface area contributed by atoms with Gasteiger partial charge in [0, 0.05) is 6.42 Å². The van der Waals surface area contributed by atoms with E-state index < -0.39 is 0 Å². The van der Waals surface area contributed by atoms with Gasteiger partial charge in [0.2, 0.25) is 5.91 Å². The first-order chi connectivity index (χ1) is 7.13. The molecule has 0 aromatic carbocycles. The second kappa shape index (κ2) is 8.68. The Labute approximate surface area is 92.2 Å². The molecule has 4 heteroatoms. The monoisotopic (exact) mass is 216 g/mol. The molecule has 1 unspecified atom stereocenters. The summed E-state index contributed by atoms with van der Waals surface area (Å²) in [4.78, 5) is 11.4. The Kier molecular flexibility index (Phi) is 8.33. The third-order valence-electron chi connectivity index (χ3n) is 2.60. The van der Waals surface area contributed by atoms with Crippen LogP contribution in [0.3, 0.4) is 0 Å². The van der Waals surface area contributed by atoms with Crippen LogP contribution in [0, 0.1) is 5.92 Å². The summed E-state index contributed by atoms with van der Waals surface area (Å²) in [5, 5.41) is 11.7. The van der Waals surface area contributed by atoms with Gasteiger partial charge in [-0.05, 0) is 31.7 Å². The molecule has 90 valence electrons. The molecule has 0 rings (SSSR count). The van der Waals surface area contributed by atoms with Crippen LogP contribution < -0.4 is 11.1 Å². The van der Waals surface area contributed by atoms with Gasteiger partial charge in [0.25, 0.3) is 0 Å². The molecule has 1 amide bonds. The van der Waals surface area contributed by atoms with Gasteiger partial charge >= 0.3 is 0 Å². The topological polar surface area (TPSA) is 75.3 Å². The van der Waals surface area contributed by atoms with Gasteiger partial charge in [0.1, 0.15) is 0 Å². The average molecular weight is 216 g/mol. The fourth-order valence-corrected chi connectivity index (χ4v) is 1.38. The number of carbonyl (C=O) groups excluding carboxylic acids is 1. The highest BCUT2D eigenvalue weighted by Crippen LogP contribution is 2.08. The minimum atomic E-state index is -0.0951. The molecular formula is C11H24N2O2. The van der Waals surface area contributed by atoms with Crippen molar-refractivity contribution in [3.05, 3.63) is 0 Å². The van der Waals surface area contributed by atoms with Crippen LogP contribution in [0.15, 0.2) is 0 Å². The summed E-state index contributed by atoms with van der Waals surface area (Å²) in [6, 6.07) is -0.0951. The second-order valence-electron chi connectivity index (χ2n) is 4.08. The zero-order valence-corrected chi connectivity index (χ0v) is 9.83. The summed E-state index contributed by atoms with van der Waals surface area (Å²) in [6.07, 6.45) is 3.12. The van der Waals surface area contributed by atoms with Crippen LogP contribution in [-0.4, -0.2) is 30.2 Å². The largest absolute Gasteiger partial charge is 0.394 e. The maximum atomic E-state index is 11.4. The Balaban J connectivity index is 3.64. The van der Waals surface area contributed by atoms with E-state index in [2.05, 4.69) is 12.2 Å². The fourth-order valence-electron chi connectivity index (χ4n) is 1.38. The Morgan fingerprint density at radius 1 is 1.47 bits per heavy atom. The lowest BCUT2D eigenvalue weighted by Crippen LogP contribution is -2.36. The van der Waals surface area contributed by atoms with Crippen molar-refractivity contribution < 1.29 is 9.90 Å². The van der Waals surface area contributed by atoms with E-state index in [1.807, 2.05) is 6.92 Å². The van der Waals surface area contributed by atoms with Crippen LogP contribution >= 0.6 is 0 Å². The van der Waals surface area contributed by atoms with E-state index in [1.54, 1.807) is 0 Å². The first-order valence-corrected chi connectivity index (χ1v) is 5.74. The number of nitrogens with one attached hydrogen (secondary N) is 1. The molecule has 0 aliphatic rings. The molecule has 0 saturated heterocycles. The Morgan fingerprint density at radius 3 is 2.60 bits per heavy atom. The van der Waals surface area contributed by atoms with Gasteiger partial charge < -0.3 is 16.2 Å². The van der Waals surface area contributed by atoms with Crippen molar-refractivity contribution in [1.82, 2.24) is 5.32 Å². The molecule has 0 aliphatic carbocycles. The Bertz CT molecular complexity index is 170. The maximum Gasteiger partial charge on any atom is 0.220 e. The van der Waals surface area contributed by atoms with Crippen LogP contribution in [0.1, 0.15) is 39.5 Å². The van der Waals surface area contributed by atoms with Gasteiger partial charge in [-0.1, -0.05) is 13.8 Å². The van der Waals surface area contributed by atoms with Crippen molar-refractivity contribution in [1.29, 1.82) is 0 Å². The van der Waals surface area contributed by atoms with E-state index >= 15 is 0 Å². The molecule has 0 aromatic heterocycles. The first kappa shape index (κ1) is 14.4. The van der Waals surface area contributed by atoms with Crippen LogP contribution in [0.5, 0.6) is 0 Å². The summed E-state index contributed by atoms with van der Waals surface area (Å²) >= 11 is 0. The molecule has 0 saturated carbocycles. The van der Waals surface area contributed by atoms with Gasteiger partial charge in [0.15, 0.2) is 0 Å². The summed E-state index contributed by atoms with van der Waals surface area (Å²) in [5.41, 5.74) is 5.43. The molecular weight excluding hydrogens is 192 g/mol. The molecule has 0 aliphatic heterocycles. The van der Waals surface area contributed by atoms with Crippen LogP contribution in [0.25, 0.3) is 0 Å². The van der Waals surface area contributed by atoms with E-state index in [4.69, 9.17) is 10.8 Å². The smallest absolute Gasteiger partial charge is 0.220 e. The number of rotatable bonds is 8. The standard InChI is InChI=1S/C11H24N2O2/c1-3-10(8-14)13-11(15)5-4-9(2)6-7-12/h9-10,14H,3-8,12H2,1-2H3,(H,13,15)/t9?,10-/m1/s1. The van der Waals surface area contributed by atoms with Gasteiger partial charge in [-0.2, -0.15) is 0 Å². The van der Waals surface area contributed by atoms with Gasteiger partial charge in [-0.3, -0.25) is 4.79 Å². The molecule has 0 fully saturated rings. The lowest BCUT2D eigenvalue weighted by molar-refractivity contribution is -0.122. The van der Waals surface area contributed by atoms with Crippen LogP contribution in [0.2, 0.25) is 0 Å². The molecule has 4 N–H and O–H groups in total. The van der Waals surface area contributed by atoms with Gasteiger partial charge in [-0.25, -0.2) is 0 Å². The number of carbonyl (C=O) groups is 1. The number of amides is 1. The number of aliphatic hydroxyl groups is 1. The average Bonchev–Trinajstić information content (AvgIpc) is 2.23. The second-order valence-corrected chi connectivity index (χ2v) is 4.08. The Morgan fingerprint density at radius 2 is 2.13 bits per heavy atom. The van der Waals surface area contributed by atoms with Crippen LogP contribution in [0.4, 0.5) is 0 Å². The molecule has 2 atom stereocenters. The predicted molar refractivity (Wildman–Crippen MR) is 61.4 cm³/mol.